The molecular weight excluding hydrogens is 473 g/mol. The molecule has 0 bridgehead atoms. The van der Waals surface area contributed by atoms with Crippen molar-refractivity contribution in [2.24, 2.45) is 0 Å². The number of piperazine rings is 1. The molecule has 4 heterocycles. The summed E-state index contributed by atoms with van der Waals surface area (Å²) < 4.78 is 13.5. The molecule has 1 fully saturated rings. The Morgan fingerprint density at radius 3 is 2.51 bits per heavy atom. The van der Waals surface area contributed by atoms with Gasteiger partial charge in [-0.1, -0.05) is 13.8 Å². The molecule has 37 heavy (non-hydrogen) atoms. The van der Waals surface area contributed by atoms with Gasteiger partial charge in [0, 0.05) is 55.4 Å². The number of Topliss-reactive ketones (excluding diaryl/α,β-unsaturated/α-hetero) is 1. The maximum Gasteiger partial charge on any atom is 0.295 e. The van der Waals surface area contributed by atoms with Gasteiger partial charge in [0.1, 0.15) is 17.3 Å². The summed E-state index contributed by atoms with van der Waals surface area (Å²) in [6.07, 6.45) is 3.15. The van der Waals surface area contributed by atoms with Crippen molar-refractivity contribution in [3.63, 3.8) is 0 Å². The summed E-state index contributed by atoms with van der Waals surface area (Å²) in [7, 11) is 0. The number of carbonyl (C=O) groups excluding carboxylic acids is 2. The van der Waals surface area contributed by atoms with E-state index in [1.54, 1.807) is 29.3 Å². The smallest absolute Gasteiger partial charge is 0.295 e. The van der Waals surface area contributed by atoms with E-state index in [-0.39, 0.29) is 17.3 Å². The number of anilines is 2. The summed E-state index contributed by atoms with van der Waals surface area (Å²) in [6.45, 7) is 8.29. The second-order valence-corrected chi connectivity index (χ2v) is 9.34. The van der Waals surface area contributed by atoms with Crippen LogP contribution in [0.3, 0.4) is 0 Å². The quantitative estimate of drug-likeness (QED) is 0.271. The normalized spacial score (nSPS) is 13.8. The van der Waals surface area contributed by atoms with Gasteiger partial charge < -0.3 is 20.5 Å². The highest BCUT2D eigenvalue weighted by Gasteiger charge is 2.28. The highest BCUT2D eigenvalue weighted by Crippen LogP contribution is 2.33. The van der Waals surface area contributed by atoms with E-state index >= 15 is 0 Å². The number of H-pyrrole nitrogens is 1. The first kappa shape index (κ1) is 24.5. The fraction of sp³-hybridized carbons (Fsp3) is 0.296. The number of aromatic nitrogens is 4. The molecule has 1 saturated heterocycles. The van der Waals surface area contributed by atoms with Crippen LogP contribution >= 0.6 is 0 Å². The third kappa shape index (κ3) is 4.79. The van der Waals surface area contributed by atoms with Crippen LogP contribution in [-0.4, -0.2) is 62.7 Å². The molecule has 3 N–H and O–H groups in total. The fourth-order valence-corrected chi connectivity index (χ4v) is 4.69. The maximum atomic E-state index is 13.5. The van der Waals surface area contributed by atoms with Crippen molar-refractivity contribution in [1.29, 1.82) is 0 Å². The largest absolute Gasteiger partial charge is 0.345 e. The second kappa shape index (κ2) is 10.1. The lowest BCUT2D eigenvalue weighted by Gasteiger charge is -2.26. The molecule has 0 aliphatic carbocycles. The summed E-state index contributed by atoms with van der Waals surface area (Å²) in [5, 5.41) is 7.09. The Labute approximate surface area is 213 Å². The third-order valence-corrected chi connectivity index (χ3v) is 6.49. The zero-order chi connectivity index (χ0) is 26.1. The minimum atomic E-state index is -0.584. The van der Waals surface area contributed by atoms with Gasteiger partial charge in [-0.15, -0.1) is 0 Å². The number of ketones is 1. The number of pyridine rings is 1. The van der Waals surface area contributed by atoms with Crippen molar-refractivity contribution < 1.29 is 14.0 Å². The Bertz CT molecular complexity index is 1470. The number of rotatable bonds is 6. The van der Waals surface area contributed by atoms with Crippen molar-refractivity contribution in [2.75, 3.05) is 31.5 Å². The molecule has 3 aromatic heterocycles. The van der Waals surface area contributed by atoms with Gasteiger partial charge in [-0.05, 0) is 43.2 Å². The SMILES string of the molecule is Cc1nc(-c2ccc(F)cc2)nc(Nc2ccnc3[nH]cc(C(=O)C(=O)N4CCNCC4)c23)c1C(C)C. The van der Waals surface area contributed by atoms with Crippen LogP contribution in [0.25, 0.3) is 22.4 Å². The maximum absolute atomic E-state index is 13.5. The lowest BCUT2D eigenvalue weighted by atomic mass is 10.0. The molecule has 0 atom stereocenters. The molecule has 1 aromatic carbocycles. The van der Waals surface area contributed by atoms with Crippen LogP contribution in [0, 0.1) is 12.7 Å². The number of nitrogens with one attached hydrogen (secondary N) is 3. The minimum absolute atomic E-state index is 0.101. The number of aromatic amines is 1. The molecule has 5 rings (SSSR count). The van der Waals surface area contributed by atoms with Crippen molar-refractivity contribution in [1.82, 2.24) is 30.2 Å². The van der Waals surface area contributed by atoms with Crippen LogP contribution in [-0.2, 0) is 4.79 Å². The van der Waals surface area contributed by atoms with Gasteiger partial charge in [0.25, 0.3) is 11.7 Å². The molecule has 10 heteroatoms. The number of amides is 1. The van der Waals surface area contributed by atoms with Crippen LogP contribution in [0.4, 0.5) is 15.9 Å². The van der Waals surface area contributed by atoms with E-state index in [9.17, 15) is 14.0 Å². The molecule has 1 amide bonds. The number of fused-ring (bicyclic) bond motifs is 1. The Hall–Kier alpha value is -4.18. The third-order valence-electron chi connectivity index (χ3n) is 6.49. The summed E-state index contributed by atoms with van der Waals surface area (Å²) in [4.78, 5) is 44.6. The topological polar surface area (TPSA) is 116 Å². The zero-order valence-corrected chi connectivity index (χ0v) is 20.9. The Balaban J connectivity index is 1.57. The van der Waals surface area contributed by atoms with E-state index in [0.29, 0.717) is 60.1 Å². The highest BCUT2D eigenvalue weighted by atomic mass is 19.1. The molecule has 4 aromatic rings. The van der Waals surface area contributed by atoms with Gasteiger partial charge in [-0.25, -0.2) is 19.3 Å². The highest BCUT2D eigenvalue weighted by molar-refractivity contribution is 6.45. The summed E-state index contributed by atoms with van der Waals surface area (Å²) in [5.74, 6) is -0.326. The van der Waals surface area contributed by atoms with Crippen molar-refractivity contribution in [3.8, 4) is 11.4 Å². The molecular formula is C27H28FN7O2. The molecule has 0 radical (unpaired) electrons. The van der Waals surface area contributed by atoms with Crippen LogP contribution < -0.4 is 10.6 Å². The lowest BCUT2D eigenvalue weighted by molar-refractivity contribution is -0.126. The number of nitrogens with zero attached hydrogens (tertiary/aromatic N) is 4. The average molecular weight is 502 g/mol. The Kier molecular flexibility index (Phi) is 6.66. The van der Waals surface area contributed by atoms with Crippen LogP contribution in [0.1, 0.15) is 41.4 Å². The number of halogens is 1. The van der Waals surface area contributed by atoms with Crippen LogP contribution in [0.5, 0.6) is 0 Å². The van der Waals surface area contributed by atoms with Crippen molar-refractivity contribution in [2.45, 2.75) is 26.7 Å². The molecule has 9 nitrogen and oxygen atoms in total. The Morgan fingerprint density at radius 2 is 1.81 bits per heavy atom. The summed E-state index contributed by atoms with van der Waals surface area (Å²) in [6, 6.07) is 7.77. The van der Waals surface area contributed by atoms with Crippen LogP contribution in [0.15, 0.2) is 42.7 Å². The number of hydrogen-bond acceptors (Lipinski definition) is 7. The molecule has 1 aliphatic rings. The van der Waals surface area contributed by atoms with E-state index in [2.05, 4.69) is 25.6 Å². The lowest BCUT2D eigenvalue weighted by Crippen LogP contribution is -2.48. The first-order valence-electron chi connectivity index (χ1n) is 12.3. The number of hydrogen-bond donors (Lipinski definition) is 3. The zero-order valence-electron chi connectivity index (χ0n) is 20.9. The second-order valence-electron chi connectivity index (χ2n) is 9.34. The molecule has 1 aliphatic heterocycles. The van der Waals surface area contributed by atoms with Gasteiger partial charge in [-0.3, -0.25) is 9.59 Å². The van der Waals surface area contributed by atoms with Gasteiger partial charge in [0.05, 0.1) is 16.6 Å². The monoisotopic (exact) mass is 501 g/mol. The minimum Gasteiger partial charge on any atom is -0.345 e. The predicted molar refractivity (Wildman–Crippen MR) is 139 cm³/mol. The van der Waals surface area contributed by atoms with Crippen molar-refractivity contribution >= 4 is 34.2 Å². The van der Waals surface area contributed by atoms with Crippen LogP contribution in [0.2, 0.25) is 0 Å². The van der Waals surface area contributed by atoms with E-state index in [4.69, 9.17) is 4.98 Å². The summed E-state index contributed by atoms with van der Waals surface area (Å²) >= 11 is 0. The van der Waals surface area contributed by atoms with E-state index in [1.165, 1.54) is 18.3 Å². The average Bonchev–Trinajstić information content (AvgIpc) is 3.33. The van der Waals surface area contributed by atoms with E-state index in [1.807, 2.05) is 20.8 Å². The van der Waals surface area contributed by atoms with Gasteiger partial charge in [-0.2, -0.15) is 0 Å². The number of carbonyl (C=O) groups is 2. The summed E-state index contributed by atoms with van der Waals surface area (Å²) in [5.41, 5.74) is 3.71. The first-order valence-corrected chi connectivity index (χ1v) is 12.3. The van der Waals surface area contributed by atoms with Gasteiger partial charge >= 0.3 is 0 Å². The standard InChI is InChI=1S/C27H28FN7O2/c1-15(2)21-16(3)32-24(17-4-6-18(28)7-5-17)34-26(21)33-20-8-9-30-25-22(20)19(14-31-25)23(36)27(37)35-12-10-29-11-13-35/h4-9,14-15,29H,10-13H2,1-3H3,(H2,30,31,32,33,34). The molecule has 0 unspecified atom stereocenters. The first-order chi connectivity index (χ1) is 17.8. The molecule has 190 valence electrons. The molecule has 0 spiro atoms. The van der Waals surface area contributed by atoms with Gasteiger partial charge in [0.15, 0.2) is 5.82 Å². The van der Waals surface area contributed by atoms with Crippen molar-refractivity contribution in [3.05, 3.63) is 65.4 Å². The number of aryl methyl sites for hydroxylation is 1. The Morgan fingerprint density at radius 1 is 1.08 bits per heavy atom. The number of benzene rings is 1. The van der Waals surface area contributed by atoms with E-state index < -0.39 is 11.7 Å². The predicted octanol–water partition coefficient (Wildman–Crippen LogP) is 3.95. The van der Waals surface area contributed by atoms with E-state index in [0.717, 1.165) is 11.3 Å². The molecule has 0 saturated carbocycles. The fourth-order valence-electron chi connectivity index (χ4n) is 4.69. The van der Waals surface area contributed by atoms with Gasteiger partial charge in [0.2, 0.25) is 0 Å².